The van der Waals surface area contributed by atoms with Crippen molar-refractivity contribution in [2.75, 3.05) is 7.11 Å². The fraction of sp³-hybridized carbons (Fsp3) is 0.143. The van der Waals surface area contributed by atoms with E-state index in [2.05, 4.69) is 0 Å². The fourth-order valence-corrected chi connectivity index (χ4v) is 2.07. The Morgan fingerprint density at radius 1 is 1.17 bits per heavy atom. The van der Waals surface area contributed by atoms with E-state index in [4.69, 9.17) is 22.1 Å². The third-order valence-corrected chi connectivity index (χ3v) is 3.12. The molecule has 2 aromatic carbocycles. The highest BCUT2D eigenvalue weighted by atomic mass is 35.5. The molecule has 1 atom stereocenters. The van der Waals surface area contributed by atoms with Crippen molar-refractivity contribution in [2.24, 2.45) is 5.73 Å². The third-order valence-electron chi connectivity index (χ3n) is 2.79. The molecular formula is C14H13ClFNO. The van der Waals surface area contributed by atoms with E-state index in [1.165, 1.54) is 6.07 Å². The van der Waals surface area contributed by atoms with Gasteiger partial charge in [-0.15, -0.1) is 0 Å². The number of halogens is 2. The average molecular weight is 266 g/mol. The van der Waals surface area contributed by atoms with E-state index in [9.17, 15) is 4.39 Å². The van der Waals surface area contributed by atoms with E-state index in [1.807, 2.05) is 0 Å². The maximum Gasteiger partial charge on any atom is 0.129 e. The topological polar surface area (TPSA) is 35.2 Å². The zero-order valence-corrected chi connectivity index (χ0v) is 10.6. The highest BCUT2D eigenvalue weighted by molar-refractivity contribution is 6.31. The van der Waals surface area contributed by atoms with Gasteiger partial charge < -0.3 is 10.5 Å². The Morgan fingerprint density at radius 2 is 1.83 bits per heavy atom. The Bertz CT molecular complexity index is 522. The summed E-state index contributed by atoms with van der Waals surface area (Å²) in [6.45, 7) is 0. The van der Waals surface area contributed by atoms with Crippen LogP contribution in [-0.2, 0) is 0 Å². The van der Waals surface area contributed by atoms with Crippen LogP contribution in [0.1, 0.15) is 17.2 Å². The van der Waals surface area contributed by atoms with Crippen LogP contribution in [0.3, 0.4) is 0 Å². The van der Waals surface area contributed by atoms with Gasteiger partial charge in [-0.3, -0.25) is 0 Å². The first-order valence-electron chi connectivity index (χ1n) is 5.47. The fourth-order valence-electron chi connectivity index (χ4n) is 1.79. The zero-order chi connectivity index (χ0) is 13.1. The molecule has 0 aromatic heterocycles. The number of nitrogens with two attached hydrogens (primary N) is 1. The van der Waals surface area contributed by atoms with E-state index in [1.54, 1.807) is 43.5 Å². The maximum absolute atomic E-state index is 13.7. The summed E-state index contributed by atoms with van der Waals surface area (Å²) in [5.74, 6) is 0.330. The number of ether oxygens (including phenoxy) is 1. The van der Waals surface area contributed by atoms with Crippen molar-refractivity contribution in [3.63, 3.8) is 0 Å². The van der Waals surface area contributed by atoms with E-state index >= 15 is 0 Å². The standard InChI is InChI=1S/C14H13ClFNO/c1-18-10-7-5-9(6-8-10)14(17)13-11(15)3-2-4-12(13)16/h2-8,14H,17H2,1H3. The molecule has 0 bridgehead atoms. The van der Waals surface area contributed by atoms with Crippen molar-refractivity contribution in [2.45, 2.75) is 6.04 Å². The third kappa shape index (κ3) is 2.47. The zero-order valence-electron chi connectivity index (χ0n) is 9.86. The molecule has 2 rings (SSSR count). The second kappa shape index (κ2) is 5.38. The largest absolute Gasteiger partial charge is 0.497 e. The number of hydrogen-bond donors (Lipinski definition) is 1. The molecule has 2 nitrogen and oxygen atoms in total. The van der Waals surface area contributed by atoms with Crippen molar-refractivity contribution in [1.29, 1.82) is 0 Å². The Labute approximate surface area is 110 Å². The van der Waals surface area contributed by atoms with Crippen LogP contribution in [0.2, 0.25) is 5.02 Å². The molecule has 18 heavy (non-hydrogen) atoms. The van der Waals surface area contributed by atoms with Gasteiger partial charge in [0.05, 0.1) is 13.2 Å². The molecule has 2 N–H and O–H groups in total. The number of hydrogen-bond acceptors (Lipinski definition) is 2. The van der Waals surface area contributed by atoms with Gasteiger partial charge in [0.2, 0.25) is 0 Å². The molecule has 0 aliphatic carbocycles. The van der Waals surface area contributed by atoms with Gasteiger partial charge in [0.25, 0.3) is 0 Å². The van der Waals surface area contributed by atoms with E-state index < -0.39 is 11.9 Å². The molecule has 0 heterocycles. The van der Waals surface area contributed by atoms with Crippen LogP contribution in [0, 0.1) is 5.82 Å². The first-order chi connectivity index (χ1) is 8.63. The second-order valence-electron chi connectivity index (χ2n) is 3.89. The van der Waals surface area contributed by atoms with Gasteiger partial charge in [-0.25, -0.2) is 4.39 Å². The molecule has 1 unspecified atom stereocenters. The van der Waals surface area contributed by atoms with Crippen molar-refractivity contribution in [1.82, 2.24) is 0 Å². The molecule has 0 fully saturated rings. The Hall–Kier alpha value is -1.58. The lowest BCUT2D eigenvalue weighted by Gasteiger charge is -2.15. The quantitative estimate of drug-likeness (QED) is 0.921. The smallest absolute Gasteiger partial charge is 0.129 e. The van der Waals surface area contributed by atoms with Crippen molar-refractivity contribution < 1.29 is 9.13 Å². The van der Waals surface area contributed by atoms with E-state index in [0.29, 0.717) is 10.6 Å². The normalized spacial score (nSPS) is 12.2. The summed E-state index contributed by atoms with van der Waals surface area (Å²) in [5, 5.41) is 0.332. The molecule has 0 saturated carbocycles. The Morgan fingerprint density at radius 3 is 2.39 bits per heavy atom. The van der Waals surface area contributed by atoms with Crippen molar-refractivity contribution >= 4 is 11.6 Å². The van der Waals surface area contributed by atoms with Crippen LogP contribution in [0.5, 0.6) is 5.75 Å². The minimum Gasteiger partial charge on any atom is -0.497 e. The molecule has 0 saturated heterocycles. The summed E-state index contributed by atoms with van der Waals surface area (Å²) < 4.78 is 18.8. The van der Waals surface area contributed by atoms with Gasteiger partial charge in [-0.2, -0.15) is 0 Å². The molecular weight excluding hydrogens is 253 g/mol. The summed E-state index contributed by atoms with van der Waals surface area (Å²) in [6, 6.07) is 11.1. The lowest BCUT2D eigenvalue weighted by atomic mass is 9.99. The van der Waals surface area contributed by atoms with Crippen LogP contribution in [0.15, 0.2) is 42.5 Å². The van der Waals surface area contributed by atoms with E-state index in [0.717, 1.165) is 11.3 Å². The SMILES string of the molecule is COc1ccc(C(N)c2c(F)cccc2Cl)cc1. The molecule has 2 aromatic rings. The lowest BCUT2D eigenvalue weighted by Crippen LogP contribution is -2.14. The Kier molecular flexibility index (Phi) is 3.84. The molecule has 0 aliphatic heterocycles. The molecule has 4 heteroatoms. The van der Waals surface area contributed by atoms with Crippen LogP contribution in [0.4, 0.5) is 4.39 Å². The first-order valence-corrected chi connectivity index (χ1v) is 5.84. The highest BCUT2D eigenvalue weighted by Gasteiger charge is 2.16. The molecule has 0 radical (unpaired) electrons. The van der Waals surface area contributed by atoms with Crippen LogP contribution < -0.4 is 10.5 Å². The monoisotopic (exact) mass is 265 g/mol. The molecule has 0 spiro atoms. The second-order valence-corrected chi connectivity index (χ2v) is 4.29. The van der Waals surface area contributed by atoms with Gasteiger partial charge >= 0.3 is 0 Å². The van der Waals surface area contributed by atoms with Crippen LogP contribution >= 0.6 is 11.6 Å². The summed E-state index contributed by atoms with van der Waals surface area (Å²) in [6.07, 6.45) is 0. The maximum atomic E-state index is 13.7. The summed E-state index contributed by atoms with van der Waals surface area (Å²) in [4.78, 5) is 0. The molecule has 0 amide bonds. The predicted octanol–water partition coefficient (Wildman–Crippen LogP) is 3.54. The molecule has 94 valence electrons. The summed E-state index contributed by atoms with van der Waals surface area (Å²) in [7, 11) is 1.59. The highest BCUT2D eigenvalue weighted by Crippen LogP contribution is 2.29. The van der Waals surface area contributed by atoms with E-state index in [-0.39, 0.29) is 0 Å². The lowest BCUT2D eigenvalue weighted by molar-refractivity contribution is 0.414. The van der Waals surface area contributed by atoms with Gasteiger partial charge in [-0.05, 0) is 29.8 Å². The number of rotatable bonds is 3. The van der Waals surface area contributed by atoms with Crippen LogP contribution in [-0.4, -0.2) is 7.11 Å². The summed E-state index contributed by atoms with van der Waals surface area (Å²) in [5.41, 5.74) is 7.13. The average Bonchev–Trinajstić information content (AvgIpc) is 2.38. The van der Waals surface area contributed by atoms with Gasteiger partial charge in [0.15, 0.2) is 0 Å². The number of benzene rings is 2. The molecule has 0 aliphatic rings. The summed E-state index contributed by atoms with van der Waals surface area (Å²) >= 11 is 5.99. The minimum atomic E-state index is -0.593. The van der Waals surface area contributed by atoms with Crippen molar-refractivity contribution in [3.8, 4) is 5.75 Å². The van der Waals surface area contributed by atoms with Crippen LogP contribution in [0.25, 0.3) is 0 Å². The van der Waals surface area contributed by atoms with Gasteiger partial charge in [0, 0.05) is 10.6 Å². The predicted molar refractivity (Wildman–Crippen MR) is 70.4 cm³/mol. The van der Waals surface area contributed by atoms with Crippen molar-refractivity contribution in [3.05, 3.63) is 64.4 Å². The number of methoxy groups -OCH3 is 1. The minimum absolute atomic E-state index is 0.310. The Balaban J connectivity index is 2.38. The van der Waals surface area contributed by atoms with Gasteiger partial charge in [0.1, 0.15) is 11.6 Å². The first kappa shape index (κ1) is 12.9. The van der Waals surface area contributed by atoms with Gasteiger partial charge in [-0.1, -0.05) is 29.8 Å².